The molecule has 0 aromatic carbocycles. The van der Waals surface area contributed by atoms with E-state index in [-0.39, 0.29) is 0 Å². The molecule has 0 bridgehead atoms. The minimum absolute atomic E-state index is 0.493. The van der Waals surface area contributed by atoms with Crippen LogP contribution in [0.4, 0.5) is 5.95 Å². The number of hydrogen-bond acceptors (Lipinski definition) is 4. The van der Waals surface area contributed by atoms with Crippen molar-refractivity contribution in [2.24, 2.45) is 11.7 Å². The van der Waals surface area contributed by atoms with Crippen LogP contribution in [0, 0.1) is 5.92 Å². The van der Waals surface area contributed by atoms with E-state index in [4.69, 9.17) is 5.73 Å². The lowest BCUT2D eigenvalue weighted by Gasteiger charge is -2.31. The Morgan fingerprint density at radius 3 is 2.35 bits per heavy atom. The van der Waals surface area contributed by atoms with Crippen LogP contribution >= 0.6 is 0 Å². The third-order valence-electron chi connectivity index (χ3n) is 3.56. The Morgan fingerprint density at radius 1 is 1.29 bits per heavy atom. The number of anilines is 1. The van der Waals surface area contributed by atoms with Crippen LogP contribution in [0.2, 0.25) is 0 Å². The number of hydrogen-bond donors (Lipinski definition) is 1. The van der Waals surface area contributed by atoms with Crippen LogP contribution in [0.5, 0.6) is 0 Å². The van der Waals surface area contributed by atoms with Gasteiger partial charge in [0.1, 0.15) is 0 Å². The highest BCUT2D eigenvalue weighted by Gasteiger charge is 2.19. The zero-order chi connectivity index (χ0) is 12.3. The third kappa shape index (κ3) is 2.94. The van der Waals surface area contributed by atoms with Gasteiger partial charge in [-0.2, -0.15) is 0 Å². The van der Waals surface area contributed by atoms with Gasteiger partial charge in [0.15, 0.2) is 0 Å². The fraction of sp³-hybridized carbons (Fsp3) is 0.692. The van der Waals surface area contributed by atoms with Crippen molar-refractivity contribution < 1.29 is 0 Å². The molecule has 2 rings (SSSR count). The molecule has 2 heterocycles. The highest BCUT2D eigenvalue weighted by Crippen LogP contribution is 2.20. The van der Waals surface area contributed by atoms with Gasteiger partial charge < -0.3 is 10.6 Å². The van der Waals surface area contributed by atoms with E-state index < -0.39 is 0 Å². The molecule has 0 aliphatic carbocycles. The quantitative estimate of drug-likeness (QED) is 0.866. The molecule has 1 aliphatic heterocycles. The van der Waals surface area contributed by atoms with Crippen molar-refractivity contribution in [1.82, 2.24) is 9.97 Å². The van der Waals surface area contributed by atoms with E-state index in [1.807, 2.05) is 12.4 Å². The molecule has 0 unspecified atom stereocenters. The number of rotatable bonds is 3. The first-order valence-corrected chi connectivity index (χ1v) is 6.47. The highest BCUT2D eigenvalue weighted by molar-refractivity contribution is 5.31. The first-order chi connectivity index (χ1) is 8.20. The lowest BCUT2D eigenvalue weighted by Crippen LogP contribution is -2.37. The van der Waals surface area contributed by atoms with Crippen molar-refractivity contribution in [2.75, 3.05) is 24.5 Å². The van der Waals surface area contributed by atoms with Gasteiger partial charge in [-0.1, -0.05) is 13.8 Å². The van der Waals surface area contributed by atoms with E-state index in [0.717, 1.165) is 38.4 Å². The molecule has 2 N–H and O–H groups in total. The van der Waals surface area contributed by atoms with Crippen molar-refractivity contribution in [2.45, 2.75) is 32.6 Å². The van der Waals surface area contributed by atoms with Gasteiger partial charge in [0.2, 0.25) is 5.95 Å². The molecule has 0 radical (unpaired) electrons. The van der Waals surface area contributed by atoms with Gasteiger partial charge in [-0.15, -0.1) is 0 Å². The lowest BCUT2D eigenvalue weighted by atomic mass is 9.97. The van der Waals surface area contributed by atoms with Crippen LogP contribution in [0.3, 0.4) is 0 Å². The SMILES string of the molecule is CC(C)c1cnc(N2CCC(CN)CC2)nc1. The number of nitrogens with two attached hydrogens (primary N) is 1. The molecule has 1 aliphatic rings. The maximum Gasteiger partial charge on any atom is 0.225 e. The summed E-state index contributed by atoms with van der Waals surface area (Å²) in [5.41, 5.74) is 6.89. The van der Waals surface area contributed by atoms with Crippen molar-refractivity contribution in [1.29, 1.82) is 0 Å². The molecule has 1 aromatic rings. The standard InChI is InChI=1S/C13H22N4/c1-10(2)12-8-15-13(16-9-12)17-5-3-11(7-14)4-6-17/h8-11H,3-7,14H2,1-2H3. The Bertz CT molecular complexity index is 339. The normalized spacial score (nSPS) is 17.8. The molecule has 4 nitrogen and oxygen atoms in total. The third-order valence-corrected chi connectivity index (χ3v) is 3.56. The monoisotopic (exact) mass is 234 g/mol. The zero-order valence-corrected chi connectivity index (χ0v) is 10.8. The summed E-state index contributed by atoms with van der Waals surface area (Å²) in [7, 11) is 0. The Balaban J connectivity index is 1.99. The molecule has 0 spiro atoms. The van der Waals surface area contributed by atoms with Crippen LogP contribution < -0.4 is 10.6 Å². The van der Waals surface area contributed by atoms with Crippen LogP contribution in [-0.2, 0) is 0 Å². The van der Waals surface area contributed by atoms with Gasteiger partial charge in [0, 0.05) is 25.5 Å². The molecule has 0 saturated carbocycles. The first-order valence-electron chi connectivity index (χ1n) is 6.47. The van der Waals surface area contributed by atoms with Gasteiger partial charge in [0.05, 0.1) is 0 Å². The van der Waals surface area contributed by atoms with Crippen molar-refractivity contribution >= 4 is 5.95 Å². The van der Waals surface area contributed by atoms with Crippen LogP contribution in [0.15, 0.2) is 12.4 Å². The lowest BCUT2D eigenvalue weighted by molar-refractivity contribution is 0.411. The van der Waals surface area contributed by atoms with Gasteiger partial charge in [-0.05, 0) is 36.8 Å². The Kier molecular flexibility index (Phi) is 3.94. The second-order valence-electron chi connectivity index (χ2n) is 5.14. The van der Waals surface area contributed by atoms with Gasteiger partial charge in [-0.25, -0.2) is 9.97 Å². The van der Waals surface area contributed by atoms with Gasteiger partial charge in [-0.3, -0.25) is 0 Å². The molecule has 1 saturated heterocycles. The van der Waals surface area contributed by atoms with Crippen molar-refractivity contribution in [3.05, 3.63) is 18.0 Å². The average Bonchev–Trinajstić information content (AvgIpc) is 2.39. The predicted molar refractivity (Wildman–Crippen MR) is 70.1 cm³/mol. The maximum absolute atomic E-state index is 5.69. The van der Waals surface area contributed by atoms with Crippen LogP contribution in [0.25, 0.3) is 0 Å². The van der Waals surface area contributed by atoms with E-state index in [1.165, 1.54) is 5.56 Å². The second-order valence-corrected chi connectivity index (χ2v) is 5.14. The van der Waals surface area contributed by atoms with Crippen molar-refractivity contribution in [3.63, 3.8) is 0 Å². The van der Waals surface area contributed by atoms with Gasteiger partial charge >= 0.3 is 0 Å². The predicted octanol–water partition coefficient (Wildman–Crippen LogP) is 1.78. The number of aromatic nitrogens is 2. The number of nitrogens with zero attached hydrogens (tertiary/aromatic N) is 3. The summed E-state index contributed by atoms with van der Waals surface area (Å²) >= 11 is 0. The molecule has 17 heavy (non-hydrogen) atoms. The minimum Gasteiger partial charge on any atom is -0.341 e. The molecule has 94 valence electrons. The Hall–Kier alpha value is -1.16. The van der Waals surface area contributed by atoms with Crippen molar-refractivity contribution in [3.8, 4) is 0 Å². The smallest absolute Gasteiger partial charge is 0.225 e. The average molecular weight is 234 g/mol. The summed E-state index contributed by atoms with van der Waals surface area (Å²) in [6.07, 6.45) is 6.21. The molecule has 0 atom stereocenters. The van der Waals surface area contributed by atoms with Crippen LogP contribution in [-0.4, -0.2) is 29.6 Å². The van der Waals surface area contributed by atoms with E-state index in [2.05, 4.69) is 28.7 Å². The largest absolute Gasteiger partial charge is 0.341 e. The molecular weight excluding hydrogens is 212 g/mol. The summed E-state index contributed by atoms with van der Waals surface area (Å²) in [6, 6.07) is 0. The van der Waals surface area contributed by atoms with Crippen LogP contribution in [0.1, 0.15) is 38.2 Å². The summed E-state index contributed by atoms with van der Waals surface area (Å²) in [4.78, 5) is 11.2. The summed E-state index contributed by atoms with van der Waals surface area (Å²) in [5.74, 6) is 2.04. The summed E-state index contributed by atoms with van der Waals surface area (Å²) in [6.45, 7) is 7.18. The number of piperidine rings is 1. The molecule has 4 heteroatoms. The Morgan fingerprint density at radius 2 is 1.88 bits per heavy atom. The molecular formula is C13H22N4. The van der Waals surface area contributed by atoms with E-state index in [9.17, 15) is 0 Å². The topological polar surface area (TPSA) is 55.0 Å². The Labute approximate surface area is 103 Å². The maximum atomic E-state index is 5.69. The van der Waals surface area contributed by atoms with Gasteiger partial charge in [0.25, 0.3) is 0 Å². The fourth-order valence-corrected chi connectivity index (χ4v) is 2.16. The summed E-state index contributed by atoms with van der Waals surface area (Å²) in [5, 5.41) is 0. The van der Waals surface area contributed by atoms with E-state index in [0.29, 0.717) is 11.8 Å². The highest BCUT2D eigenvalue weighted by atomic mass is 15.2. The minimum atomic E-state index is 0.493. The molecule has 1 fully saturated rings. The van der Waals surface area contributed by atoms with E-state index in [1.54, 1.807) is 0 Å². The molecule has 0 amide bonds. The summed E-state index contributed by atoms with van der Waals surface area (Å²) < 4.78 is 0. The zero-order valence-electron chi connectivity index (χ0n) is 10.8. The fourth-order valence-electron chi connectivity index (χ4n) is 2.16. The first kappa shape index (κ1) is 12.3. The van der Waals surface area contributed by atoms with E-state index >= 15 is 0 Å². The second kappa shape index (κ2) is 5.45. The molecule has 1 aromatic heterocycles.